The number of aryl methyl sites for hydroxylation is 1. The molecule has 0 bridgehead atoms. The van der Waals surface area contributed by atoms with Gasteiger partial charge in [0.2, 0.25) is 0 Å². The van der Waals surface area contributed by atoms with E-state index in [-0.39, 0.29) is 5.56 Å². The Balaban J connectivity index is 1.72. The van der Waals surface area contributed by atoms with Crippen molar-refractivity contribution in [1.82, 2.24) is 19.4 Å². The molecule has 0 radical (unpaired) electrons. The molecule has 3 aromatic rings. The maximum atomic E-state index is 12.6. The molecular formula is C20H24N4O. The summed E-state index contributed by atoms with van der Waals surface area (Å²) < 4.78 is 2.13. The number of likely N-dealkylation sites (tertiary alicyclic amines) is 1. The number of H-pyrrole nitrogens is 1. The second-order valence-corrected chi connectivity index (χ2v) is 6.93. The van der Waals surface area contributed by atoms with Crippen LogP contribution in [-0.4, -0.2) is 38.6 Å². The minimum Gasteiger partial charge on any atom is -0.329 e. The van der Waals surface area contributed by atoms with Gasteiger partial charge in [-0.05, 0) is 55.9 Å². The molecule has 0 saturated carbocycles. The average molecular weight is 336 g/mol. The van der Waals surface area contributed by atoms with Crippen LogP contribution in [-0.2, 0) is 6.54 Å². The Bertz CT molecular complexity index is 956. The molecule has 0 aliphatic carbocycles. The van der Waals surface area contributed by atoms with Crippen LogP contribution in [0.5, 0.6) is 0 Å². The lowest BCUT2D eigenvalue weighted by atomic mass is 10.1. The normalized spacial score (nSPS) is 18.2. The number of hydrogen-bond donors (Lipinski definition) is 1. The molecule has 130 valence electrons. The third-order valence-corrected chi connectivity index (χ3v) is 5.27. The third kappa shape index (κ3) is 3.00. The predicted octanol–water partition coefficient (Wildman–Crippen LogP) is 3.18. The quantitative estimate of drug-likeness (QED) is 0.796. The van der Waals surface area contributed by atoms with Gasteiger partial charge in [0, 0.05) is 30.5 Å². The Morgan fingerprint density at radius 3 is 3.04 bits per heavy atom. The highest BCUT2D eigenvalue weighted by atomic mass is 16.1. The smallest absolute Gasteiger partial charge is 0.259 e. The van der Waals surface area contributed by atoms with Gasteiger partial charge >= 0.3 is 0 Å². The first-order chi connectivity index (χ1) is 12.2. The molecule has 1 N–H and O–H groups in total. The SMILES string of the molecule is CCN1CCCC1Cn1ccnc1-c1cc2ccc(C)cc2[nH]c1=O. The van der Waals surface area contributed by atoms with E-state index in [1.54, 1.807) is 6.20 Å². The third-order valence-electron chi connectivity index (χ3n) is 5.27. The topological polar surface area (TPSA) is 53.9 Å². The van der Waals surface area contributed by atoms with Crippen LogP contribution in [0.1, 0.15) is 25.3 Å². The van der Waals surface area contributed by atoms with Gasteiger partial charge in [0.25, 0.3) is 5.56 Å². The summed E-state index contributed by atoms with van der Waals surface area (Å²) in [7, 11) is 0. The summed E-state index contributed by atoms with van der Waals surface area (Å²) >= 11 is 0. The second-order valence-electron chi connectivity index (χ2n) is 6.93. The van der Waals surface area contributed by atoms with Crippen LogP contribution in [0.4, 0.5) is 0 Å². The molecule has 1 unspecified atom stereocenters. The van der Waals surface area contributed by atoms with Gasteiger partial charge < -0.3 is 9.55 Å². The highest BCUT2D eigenvalue weighted by molar-refractivity contribution is 5.82. The fourth-order valence-corrected chi connectivity index (χ4v) is 3.93. The summed E-state index contributed by atoms with van der Waals surface area (Å²) in [5, 5.41) is 1.03. The largest absolute Gasteiger partial charge is 0.329 e. The second kappa shape index (κ2) is 6.48. The number of likely N-dealkylation sites (N-methyl/N-ethyl adjacent to an activating group) is 1. The van der Waals surface area contributed by atoms with E-state index in [1.165, 1.54) is 19.4 Å². The van der Waals surface area contributed by atoms with Crippen molar-refractivity contribution in [3.05, 3.63) is 52.6 Å². The van der Waals surface area contributed by atoms with Crippen LogP contribution in [0.15, 0.2) is 41.5 Å². The summed E-state index contributed by atoms with van der Waals surface area (Å²) in [4.78, 5) is 22.6. The molecular weight excluding hydrogens is 312 g/mol. The number of aromatic amines is 1. The Morgan fingerprint density at radius 2 is 2.20 bits per heavy atom. The highest BCUT2D eigenvalue weighted by Crippen LogP contribution is 2.23. The van der Waals surface area contributed by atoms with E-state index in [2.05, 4.69) is 32.4 Å². The Hall–Kier alpha value is -2.40. The first kappa shape index (κ1) is 16.1. The number of nitrogens with one attached hydrogen (secondary N) is 1. The van der Waals surface area contributed by atoms with Gasteiger partial charge in [-0.15, -0.1) is 0 Å². The maximum Gasteiger partial charge on any atom is 0.259 e. The number of aromatic nitrogens is 3. The predicted molar refractivity (Wildman–Crippen MR) is 101 cm³/mol. The van der Waals surface area contributed by atoms with Gasteiger partial charge in [0.15, 0.2) is 0 Å². The average Bonchev–Trinajstić information content (AvgIpc) is 3.23. The summed E-state index contributed by atoms with van der Waals surface area (Å²) in [6.45, 7) is 7.36. The van der Waals surface area contributed by atoms with Crippen LogP contribution in [0, 0.1) is 6.92 Å². The maximum absolute atomic E-state index is 12.6. The molecule has 5 nitrogen and oxygen atoms in total. The lowest BCUT2D eigenvalue weighted by Crippen LogP contribution is -2.32. The van der Waals surface area contributed by atoms with Crippen LogP contribution in [0.3, 0.4) is 0 Å². The van der Waals surface area contributed by atoms with Gasteiger partial charge in [-0.2, -0.15) is 0 Å². The van der Waals surface area contributed by atoms with Gasteiger partial charge in [0.1, 0.15) is 5.82 Å². The van der Waals surface area contributed by atoms with Crippen molar-refractivity contribution in [3.8, 4) is 11.4 Å². The zero-order chi connectivity index (χ0) is 17.4. The zero-order valence-electron chi connectivity index (χ0n) is 14.8. The molecule has 3 heterocycles. The van der Waals surface area contributed by atoms with Crippen molar-refractivity contribution in [2.45, 2.75) is 39.3 Å². The molecule has 25 heavy (non-hydrogen) atoms. The van der Waals surface area contributed by atoms with Crippen molar-refractivity contribution in [2.75, 3.05) is 13.1 Å². The number of nitrogens with zero attached hydrogens (tertiary/aromatic N) is 3. The van der Waals surface area contributed by atoms with Crippen molar-refractivity contribution in [3.63, 3.8) is 0 Å². The van der Waals surface area contributed by atoms with E-state index in [1.807, 2.05) is 31.3 Å². The van der Waals surface area contributed by atoms with Crippen molar-refractivity contribution in [1.29, 1.82) is 0 Å². The summed E-state index contributed by atoms with van der Waals surface area (Å²) in [5.74, 6) is 0.756. The molecule has 1 atom stereocenters. The Kier molecular flexibility index (Phi) is 4.17. The number of fused-ring (bicyclic) bond motifs is 1. The number of hydrogen-bond acceptors (Lipinski definition) is 3. The lowest BCUT2D eigenvalue weighted by Gasteiger charge is -2.23. The minimum atomic E-state index is -0.0793. The summed E-state index contributed by atoms with van der Waals surface area (Å²) in [6.07, 6.45) is 6.23. The van der Waals surface area contributed by atoms with Crippen molar-refractivity contribution < 1.29 is 0 Å². The highest BCUT2D eigenvalue weighted by Gasteiger charge is 2.24. The summed E-state index contributed by atoms with van der Waals surface area (Å²) in [5.41, 5.74) is 2.57. The van der Waals surface area contributed by atoms with Crippen LogP contribution < -0.4 is 5.56 Å². The minimum absolute atomic E-state index is 0.0793. The van der Waals surface area contributed by atoms with Crippen LogP contribution in [0.2, 0.25) is 0 Å². The number of rotatable bonds is 4. The molecule has 2 aromatic heterocycles. The lowest BCUT2D eigenvalue weighted by molar-refractivity contribution is 0.245. The number of imidazole rings is 1. The Labute approximate surface area is 147 Å². The van der Waals surface area contributed by atoms with E-state index in [9.17, 15) is 4.79 Å². The first-order valence-corrected chi connectivity index (χ1v) is 9.05. The molecule has 0 spiro atoms. The van der Waals surface area contributed by atoms with E-state index in [0.717, 1.165) is 35.4 Å². The molecule has 1 fully saturated rings. The van der Waals surface area contributed by atoms with Gasteiger partial charge in [-0.25, -0.2) is 4.98 Å². The van der Waals surface area contributed by atoms with Gasteiger partial charge in [-0.1, -0.05) is 19.1 Å². The molecule has 5 heteroatoms. The molecule has 0 amide bonds. The van der Waals surface area contributed by atoms with Gasteiger partial charge in [-0.3, -0.25) is 9.69 Å². The fourth-order valence-electron chi connectivity index (χ4n) is 3.93. The van der Waals surface area contributed by atoms with Gasteiger partial charge in [0.05, 0.1) is 5.56 Å². The van der Waals surface area contributed by atoms with E-state index in [0.29, 0.717) is 11.6 Å². The molecule has 1 saturated heterocycles. The number of pyridine rings is 1. The molecule has 1 aliphatic heterocycles. The number of benzene rings is 1. The first-order valence-electron chi connectivity index (χ1n) is 9.05. The zero-order valence-corrected chi connectivity index (χ0v) is 14.8. The van der Waals surface area contributed by atoms with E-state index < -0.39 is 0 Å². The van der Waals surface area contributed by atoms with Crippen LogP contribution >= 0.6 is 0 Å². The van der Waals surface area contributed by atoms with Crippen molar-refractivity contribution >= 4 is 10.9 Å². The summed E-state index contributed by atoms with van der Waals surface area (Å²) in [6, 6.07) is 8.60. The monoisotopic (exact) mass is 336 g/mol. The standard InChI is InChI=1S/C20H24N4O/c1-3-23-9-4-5-16(23)13-24-10-8-21-19(24)17-12-15-7-6-14(2)11-18(15)22-20(17)25/h6-8,10-12,16H,3-5,9,13H2,1-2H3,(H,22,25). The van der Waals surface area contributed by atoms with Crippen molar-refractivity contribution in [2.24, 2.45) is 0 Å². The molecule has 1 aliphatic rings. The van der Waals surface area contributed by atoms with E-state index >= 15 is 0 Å². The molecule has 4 rings (SSSR count). The Morgan fingerprint density at radius 1 is 1.32 bits per heavy atom. The fraction of sp³-hybridized carbons (Fsp3) is 0.400. The molecule has 1 aromatic carbocycles. The van der Waals surface area contributed by atoms with Crippen LogP contribution in [0.25, 0.3) is 22.3 Å². The van der Waals surface area contributed by atoms with E-state index in [4.69, 9.17) is 0 Å².